The van der Waals surface area contributed by atoms with Crippen molar-refractivity contribution in [3.8, 4) is 0 Å². The SMILES string of the molecule is Cc1ccc(CC(=O)c2cccc(N)c2)c(Cl)c1. The Morgan fingerprint density at radius 2 is 2.00 bits per heavy atom. The molecule has 0 unspecified atom stereocenters. The summed E-state index contributed by atoms with van der Waals surface area (Å²) in [6, 6.07) is 12.7. The van der Waals surface area contributed by atoms with E-state index >= 15 is 0 Å². The summed E-state index contributed by atoms with van der Waals surface area (Å²) in [6.45, 7) is 1.97. The minimum absolute atomic E-state index is 0.0213. The zero-order chi connectivity index (χ0) is 13.1. The zero-order valence-electron chi connectivity index (χ0n) is 10.1. The molecule has 0 atom stereocenters. The monoisotopic (exact) mass is 259 g/mol. The van der Waals surface area contributed by atoms with Crippen LogP contribution in [-0.4, -0.2) is 5.78 Å². The third kappa shape index (κ3) is 2.90. The van der Waals surface area contributed by atoms with Crippen LogP contribution in [0.3, 0.4) is 0 Å². The molecule has 0 aliphatic rings. The van der Waals surface area contributed by atoms with Crippen LogP contribution in [0.4, 0.5) is 5.69 Å². The molecule has 0 spiro atoms. The lowest BCUT2D eigenvalue weighted by atomic mass is 10.0. The van der Waals surface area contributed by atoms with Crippen molar-refractivity contribution in [2.24, 2.45) is 0 Å². The molecule has 0 aliphatic heterocycles. The summed E-state index contributed by atoms with van der Waals surface area (Å²) in [7, 11) is 0. The molecule has 2 nitrogen and oxygen atoms in total. The van der Waals surface area contributed by atoms with Gasteiger partial charge in [-0.15, -0.1) is 0 Å². The van der Waals surface area contributed by atoms with Gasteiger partial charge in [0.25, 0.3) is 0 Å². The summed E-state index contributed by atoms with van der Waals surface area (Å²) in [5, 5.41) is 0.632. The van der Waals surface area contributed by atoms with E-state index in [0.717, 1.165) is 11.1 Å². The Labute approximate surface area is 111 Å². The molecule has 2 N–H and O–H groups in total. The van der Waals surface area contributed by atoms with E-state index in [0.29, 0.717) is 22.7 Å². The van der Waals surface area contributed by atoms with Crippen LogP contribution in [0.2, 0.25) is 5.02 Å². The molecule has 0 saturated heterocycles. The lowest BCUT2D eigenvalue weighted by molar-refractivity contribution is 0.0993. The highest BCUT2D eigenvalue weighted by molar-refractivity contribution is 6.31. The highest BCUT2D eigenvalue weighted by Gasteiger charge is 2.09. The van der Waals surface area contributed by atoms with Gasteiger partial charge in [-0.2, -0.15) is 0 Å². The summed E-state index contributed by atoms with van der Waals surface area (Å²) in [6.07, 6.45) is 0.294. The number of ketones is 1. The quantitative estimate of drug-likeness (QED) is 0.675. The summed E-state index contributed by atoms with van der Waals surface area (Å²) in [4.78, 5) is 12.1. The number of anilines is 1. The van der Waals surface area contributed by atoms with Crippen LogP contribution in [0.1, 0.15) is 21.5 Å². The maximum atomic E-state index is 12.1. The average molecular weight is 260 g/mol. The van der Waals surface area contributed by atoms with Crippen molar-refractivity contribution in [3.05, 3.63) is 64.2 Å². The van der Waals surface area contributed by atoms with Gasteiger partial charge in [-0.25, -0.2) is 0 Å². The second-order valence-corrected chi connectivity index (χ2v) is 4.73. The Bertz CT molecular complexity index is 593. The predicted molar refractivity (Wildman–Crippen MR) is 75.1 cm³/mol. The summed E-state index contributed by atoms with van der Waals surface area (Å²) in [5.41, 5.74) is 8.80. The van der Waals surface area contributed by atoms with Gasteiger partial charge >= 0.3 is 0 Å². The van der Waals surface area contributed by atoms with Crippen LogP contribution < -0.4 is 5.73 Å². The predicted octanol–water partition coefficient (Wildman–Crippen LogP) is 3.66. The number of nitrogen functional groups attached to an aromatic ring is 1. The van der Waals surface area contributed by atoms with Crippen LogP contribution in [0.15, 0.2) is 42.5 Å². The van der Waals surface area contributed by atoms with Crippen LogP contribution >= 0.6 is 11.6 Å². The van der Waals surface area contributed by atoms with E-state index in [9.17, 15) is 4.79 Å². The number of carbonyl (C=O) groups excluding carboxylic acids is 1. The van der Waals surface area contributed by atoms with Gasteiger partial charge in [0.15, 0.2) is 5.78 Å². The van der Waals surface area contributed by atoms with Crippen LogP contribution in [0.25, 0.3) is 0 Å². The van der Waals surface area contributed by atoms with Crippen molar-refractivity contribution in [1.82, 2.24) is 0 Å². The van der Waals surface area contributed by atoms with E-state index in [4.69, 9.17) is 17.3 Å². The molecule has 0 aromatic heterocycles. The topological polar surface area (TPSA) is 43.1 Å². The number of halogens is 1. The van der Waals surface area contributed by atoms with Gasteiger partial charge in [0.1, 0.15) is 0 Å². The normalized spacial score (nSPS) is 10.3. The fourth-order valence-electron chi connectivity index (χ4n) is 1.78. The molecule has 92 valence electrons. The maximum Gasteiger partial charge on any atom is 0.167 e. The number of aryl methyl sites for hydroxylation is 1. The molecule has 2 aromatic carbocycles. The van der Waals surface area contributed by atoms with Gasteiger partial charge < -0.3 is 5.73 Å². The van der Waals surface area contributed by atoms with Gasteiger partial charge in [-0.1, -0.05) is 35.9 Å². The van der Waals surface area contributed by atoms with E-state index in [-0.39, 0.29) is 5.78 Å². The molecular formula is C15H14ClNO. The Balaban J connectivity index is 2.21. The smallest absolute Gasteiger partial charge is 0.167 e. The first-order valence-electron chi connectivity index (χ1n) is 5.70. The fourth-order valence-corrected chi connectivity index (χ4v) is 2.08. The number of hydrogen-bond acceptors (Lipinski definition) is 2. The van der Waals surface area contributed by atoms with Crippen molar-refractivity contribution in [1.29, 1.82) is 0 Å². The van der Waals surface area contributed by atoms with Gasteiger partial charge in [0.2, 0.25) is 0 Å². The van der Waals surface area contributed by atoms with E-state index in [1.807, 2.05) is 25.1 Å². The molecule has 0 fully saturated rings. The molecule has 2 rings (SSSR count). The number of carbonyl (C=O) groups is 1. The second kappa shape index (κ2) is 5.23. The highest BCUT2D eigenvalue weighted by Crippen LogP contribution is 2.20. The van der Waals surface area contributed by atoms with E-state index in [1.54, 1.807) is 24.3 Å². The minimum atomic E-state index is 0.0213. The summed E-state index contributed by atoms with van der Waals surface area (Å²) >= 11 is 6.12. The van der Waals surface area contributed by atoms with E-state index < -0.39 is 0 Å². The Hall–Kier alpha value is -1.80. The first-order valence-corrected chi connectivity index (χ1v) is 6.08. The molecule has 0 saturated carbocycles. The molecule has 0 bridgehead atoms. The van der Waals surface area contributed by atoms with Crippen LogP contribution in [-0.2, 0) is 6.42 Å². The molecule has 18 heavy (non-hydrogen) atoms. The first kappa shape index (κ1) is 12.7. The largest absolute Gasteiger partial charge is 0.399 e. The third-order valence-electron chi connectivity index (χ3n) is 2.77. The van der Waals surface area contributed by atoms with Gasteiger partial charge in [0, 0.05) is 22.7 Å². The number of hydrogen-bond donors (Lipinski definition) is 1. The number of nitrogens with two attached hydrogens (primary N) is 1. The average Bonchev–Trinajstić information content (AvgIpc) is 2.32. The molecular weight excluding hydrogens is 246 g/mol. The third-order valence-corrected chi connectivity index (χ3v) is 3.12. The lowest BCUT2D eigenvalue weighted by Crippen LogP contribution is -2.04. The molecule has 0 aliphatic carbocycles. The van der Waals surface area contributed by atoms with Crippen molar-refractivity contribution in [3.63, 3.8) is 0 Å². The van der Waals surface area contributed by atoms with Gasteiger partial charge in [-0.3, -0.25) is 4.79 Å². The van der Waals surface area contributed by atoms with Crippen molar-refractivity contribution in [2.75, 3.05) is 5.73 Å². The lowest BCUT2D eigenvalue weighted by Gasteiger charge is -2.05. The molecule has 0 amide bonds. The minimum Gasteiger partial charge on any atom is -0.399 e. The van der Waals surface area contributed by atoms with Crippen molar-refractivity contribution < 1.29 is 4.79 Å². The Morgan fingerprint density at radius 3 is 2.67 bits per heavy atom. The molecule has 0 heterocycles. The van der Waals surface area contributed by atoms with Crippen molar-refractivity contribution in [2.45, 2.75) is 13.3 Å². The van der Waals surface area contributed by atoms with Gasteiger partial charge in [0.05, 0.1) is 0 Å². The molecule has 3 heteroatoms. The number of benzene rings is 2. The van der Waals surface area contributed by atoms with Gasteiger partial charge in [-0.05, 0) is 36.2 Å². The Morgan fingerprint density at radius 1 is 1.22 bits per heavy atom. The molecule has 2 aromatic rings. The molecule has 0 radical (unpaired) electrons. The van der Waals surface area contributed by atoms with Crippen molar-refractivity contribution >= 4 is 23.1 Å². The van der Waals surface area contributed by atoms with Crippen LogP contribution in [0.5, 0.6) is 0 Å². The van der Waals surface area contributed by atoms with E-state index in [1.165, 1.54) is 0 Å². The Kier molecular flexibility index (Phi) is 3.68. The van der Waals surface area contributed by atoms with E-state index in [2.05, 4.69) is 0 Å². The maximum absolute atomic E-state index is 12.1. The zero-order valence-corrected chi connectivity index (χ0v) is 10.9. The summed E-state index contributed by atoms with van der Waals surface area (Å²) in [5.74, 6) is 0.0213. The first-order chi connectivity index (χ1) is 8.56. The van der Waals surface area contributed by atoms with Crippen LogP contribution in [0, 0.1) is 6.92 Å². The standard InChI is InChI=1S/C15H14ClNO/c1-10-5-6-11(14(16)7-10)9-15(18)12-3-2-4-13(17)8-12/h2-8H,9,17H2,1H3. The summed E-state index contributed by atoms with van der Waals surface area (Å²) < 4.78 is 0. The second-order valence-electron chi connectivity index (χ2n) is 4.32. The number of Topliss-reactive ketones (excluding diaryl/α,β-unsaturated/α-hetero) is 1. The highest BCUT2D eigenvalue weighted by atomic mass is 35.5. The number of rotatable bonds is 3. The fraction of sp³-hybridized carbons (Fsp3) is 0.133.